The van der Waals surface area contributed by atoms with Crippen LogP contribution >= 0.6 is 0 Å². The molecule has 2 heterocycles. The van der Waals surface area contributed by atoms with Crippen LogP contribution in [0.15, 0.2) is 24.8 Å². The first-order chi connectivity index (χ1) is 6.86. The Morgan fingerprint density at radius 2 is 2.00 bits per heavy atom. The maximum absolute atomic E-state index is 6.43. The first kappa shape index (κ1) is 9.95. The van der Waals surface area contributed by atoms with Gasteiger partial charge in [0.15, 0.2) is 0 Å². The Hall–Kier alpha value is -2.13. The van der Waals surface area contributed by atoms with Crippen molar-refractivity contribution in [3.05, 3.63) is 41.8 Å². The van der Waals surface area contributed by atoms with Gasteiger partial charge in [0.05, 0.1) is 19.0 Å². The van der Waals surface area contributed by atoms with Gasteiger partial charge in [-0.2, -0.15) is 10.2 Å². The zero-order valence-electron chi connectivity index (χ0n) is 7.44. The number of nitrogens with two attached hydrogens (primary N) is 1. The van der Waals surface area contributed by atoms with Gasteiger partial charge in [-0.1, -0.05) is 0 Å². The average Bonchev–Trinajstić information content (AvgIpc) is 2.92. The summed E-state index contributed by atoms with van der Waals surface area (Å²) in [7, 11) is 0. The molecule has 0 fully saturated rings. The highest BCUT2D eigenvalue weighted by atomic mass is 15.1. The SMILES string of the molecule is NCc1cn[nH]c1.[C-]#[N+]c1cn[nH]c1. The molecular formula is C8H10N6. The van der Waals surface area contributed by atoms with E-state index in [1.165, 1.54) is 6.20 Å². The van der Waals surface area contributed by atoms with Crippen LogP contribution in [0.4, 0.5) is 5.69 Å². The van der Waals surface area contributed by atoms with E-state index in [1.54, 1.807) is 18.6 Å². The number of nitrogens with one attached hydrogen (secondary N) is 2. The summed E-state index contributed by atoms with van der Waals surface area (Å²) < 4.78 is 0. The summed E-state index contributed by atoms with van der Waals surface area (Å²) in [5.74, 6) is 0. The molecule has 0 aliphatic carbocycles. The number of hydrogen-bond acceptors (Lipinski definition) is 3. The van der Waals surface area contributed by atoms with Gasteiger partial charge in [0, 0.05) is 24.5 Å². The third kappa shape index (κ3) is 3.08. The minimum Gasteiger partial charge on any atom is -0.326 e. The van der Waals surface area contributed by atoms with Gasteiger partial charge in [-0.05, 0) is 0 Å². The lowest BCUT2D eigenvalue weighted by Crippen LogP contribution is -1.92. The number of aromatic nitrogens is 4. The Bertz CT molecular complexity index is 368. The minimum absolute atomic E-state index is 0.556. The predicted octanol–water partition coefficient (Wildman–Crippen LogP) is 0.829. The lowest BCUT2D eigenvalue weighted by Gasteiger charge is -1.77. The zero-order valence-corrected chi connectivity index (χ0v) is 7.44. The average molecular weight is 190 g/mol. The van der Waals surface area contributed by atoms with Gasteiger partial charge in [0.25, 0.3) is 0 Å². The largest absolute Gasteiger partial charge is 0.326 e. The quantitative estimate of drug-likeness (QED) is 0.582. The van der Waals surface area contributed by atoms with E-state index in [4.69, 9.17) is 12.3 Å². The summed E-state index contributed by atoms with van der Waals surface area (Å²) in [6.07, 6.45) is 6.51. The Morgan fingerprint density at radius 1 is 1.29 bits per heavy atom. The van der Waals surface area contributed by atoms with Gasteiger partial charge >= 0.3 is 0 Å². The molecule has 2 aromatic rings. The van der Waals surface area contributed by atoms with E-state index in [0.717, 1.165) is 5.56 Å². The summed E-state index contributed by atoms with van der Waals surface area (Å²) >= 11 is 0. The smallest absolute Gasteiger partial charge is 0.223 e. The summed E-state index contributed by atoms with van der Waals surface area (Å²) in [6.45, 7) is 6.99. The molecule has 2 rings (SSSR count). The van der Waals surface area contributed by atoms with Crippen molar-refractivity contribution < 1.29 is 0 Å². The van der Waals surface area contributed by atoms with Crippen molar-refractivity contribution in [2.75, 3.05) is 0 Å². The molecule has 2 aromatic heterocycles. The van der Waals surface area contributed by atoms with Gasteiger partial charge in [-0.15, -0.1) is 0 Å². The van der Waals surface area contributed by atoms with E-state index in [9.17, 15) is 0 Å². The molecular weight excluding hydrogens is 180 g/mol. The van der Waals surface area contributed by atoms with Gasteiger partial charge < -0.3 is 5.73 Å². The molecule has 14 heavy (non-hydrogen) atoms. The van der Waals surface area contributed by atoms with Crippen molar-refractivity contribution >= 4 is 5.69 Å². The molecule has 0 saturated heterocycles. The lowest BCUT2D eigenvalue weighted by atomic mass is 10.4. The monoisotopic (exact) mass is 190 g/mol. The van der Waals surface area contributed by atoms with Crippen molar-refractivity contribution in [2.24, 2.45) is 5.73 Å². The molecule has 0 aliphatic rings. The second-order valence-electron chi connectivity index (χ2n) is 2.38. The third-order valence-corrected chi connectivity index (χ3v) is 1.40. The standard InChI is InChI=1S/C4H3N3.C4H7N3/c1-5-4-2-6-7-3-4;5-1-4-2-6-7-3-4/h2-3H,(H,6,7);2-3H,1,5H2,(H,6,7). The fraction of sp³-hybridized carbons (Fsp3) is 0.125. The highest BCUT2D eigenvalue weighted by Crippen LogP contribution is 2.03. The molecule has 0 unspecified atom stereocenters. The lowest BCUT2D eigenvalue weighted by molar-refractivity contribution is 1.07. The zero-order chi connectivity index (χ0) is 10.2. The molecule has 0 atom stereocenters. The normalized spacial score (nSPS) is 8.57. The Labute approximate surface area is 81.0 Å². The van der Waals surface area contributed by atoms with Crippen molar-refractivity contribution in [3.8, 4) is 0 Å². The van der Waals surface area contributed by atoms with E-state index >= 15 is 0 Å². The van der Waals surface area contributed by atoms with Crippen LogP contribution in [0.5, 0.6) is 0 Å². The van der Waals surface area contributed by atoms with Crippen molar-refractivity contribution in [2.45, 2.75) is 6.54 Å². The van der Waals surface area contributed by atoms with E-state index < -0.39 is 0 Å². The second kappa shape index (κ2) is 5.50. The molecule has 0 amide bonds. The molecule has 72 valence electrons. The van der Waals surface area contributed by atoms with Crippen molar-refractivity contribution in [3.63, 3.8) is 0 Å². The first-order valence-electron chi connectivity index (χ1n) is 3.90. The molecule has 0 saturated carbocycles. The van der Waals surface area contributed by atoms with Crippen LogP contribution in [-0.2, 0) is 6.54 Å². The highest BCUT2D eigenvalue weighted by molar-refractivity contribution is 5.37. The van der Waals surface area contributed by atoms with Crippen LogP contribution in [-0.4, -0.2) is 20.4 Å². The van der Waals surface area contributed by atoms with Crippen LogP contribution in [0.3, 0.4) is 0 Å². The highest BCUT2D eigenvalue weighted by Gasteiger charge is 1.83. The van der Waals surface area contributed by atoms with Gasteiger partial charge in [0.1, 0.15) is 0 Å². The van der Waals surface area contributed by atoms with Gasteiger partial charge in [-0.25, -0.2) is 4.85 Å². The van der Waals surface area contributed by atoms with Crippen LogP contribution in [0.2, 0.25) is 0 Å². The molecule has 0 aromatic carbocycles. The second-order valence-corrected chi connectivity index (χ2v) is 2.38. The molecule has 0 bridgehead atoms. The number of nitrogens with zero attached hydrogens (tertiary/aromatic N) is 3. The molecule has 6 heteroatoms. The summed E-state index contributed by atoms with van der Waals surface area (Å²) in [5, 5.41) is 12.4. The number of aromatic amines is 2. The number of rotatable bonds is 1. The Kier molecular flexibility index (Phi) is 3.91. The molecule has 4 N–H and O–H groups in total. The Morgan fingerprint density at radius 3 is 2.29 bits per heavy atom. The molecule has 0 aliphatic heterocycles. The molecule has 0 spiro atoms. The van der Waals surface area contributed by atoms with Crippen molar-refractivity contribution in [1.29, 1.82) is 0 Å². The van der Waals surface area contributed by atoms with E-state index in [-0.39, 0.29) is 0 Å². The van der Waals surface area contributed by atoms with Crippen molar-refractivity contribution in [1.82, 2.24) is 20.4 Å². The first-order valence-corrected chi connectivity index (χ1v) is 3.90. The van der Waals surface area contributed by atoms with Crippen LogP contribution in [0, 0.1) is 6.57 Å². The maximum Gasteiger partial charge on any atom is 0.223 e. The molecule has 0 radical (unpaired) electrons. The summed E-state index contributed by atoms with van der Waals surface area (Å²) in [5.41, 5.74) is 6.83. The number of hydrogen-bond donors (Lipinski definition) is 3. The summed E-state index contributed by atoms with van der Waals surface area (Å²) in [6, 6.07) is 0. The number of H-pyrrole nitrogens is 2. The Balaban J connectivity index is 0.000000140. The van der Waals surface area contributed by atoms with Gasteiger partial charge in [0.2, 0.25) is 5.69 Å². The van der Waals surface area contributed by atoms with E-state index in [1.807, 2.05) is 0 Å². The van der Waals surface area contributed by atoms with E-state index in [0.29, 0.717) is 12.2 Å². The summed E-state index contributed by atoms with van der Waals surface area (Å²) in [4.78, 5) is 3.09. The molecule has 6 nitrogen and oxygen atoms in total. The fourth-order valence-electron chi connectivity index (χ4n) is 0.694. The topological polar surface area (TPSA) is 87.7 Å². The maximum atomic E-state index is 6.43. The van der Waals surface area contributed by atoms with Gasteiger partial charge in [-0.3, -0.25) is 10.2 Å². The van der Waals surface area contributed by atoms with E-state index in [2.05, 4.69) is 25.2 Å². The van der Waals surface area contributed by atoms with Crippen LogP contribution < -0.4 is 5.73 Å². The minimum atomic E-state index is 0.556. The van der Waals surface area contributed by atoms with Crippen LogP contribution in [0.25, 0.3) is 4.85 Å². The van der Waals surface area contributed by atoms with Crippen LogP contribution in [0.1, 0.15) is 5.56 Å². The predicted molar refractivity (Wildman–Crippen MR) is 51.3 cm³/mol. The third-order valence-electron chi connectivity index (χ3n) is 1.40. The fourth-order valence-corrected chi connectivity index (χ4v) is 0.694.